The van der Waals surface area contributed by atoms with Crippen molar-refractivity contribution in [3.05, 3.63) is 28.6 Å². The topological polar surface area (TPSA) is 46.8 Å². The second kappa shape index (κ2) is 6.51. The van der Waals surface area contributed by atoms with Crippen LogP contribution in [0.4, 0.5) is 0 Å². The molecule has 0 bridgehead atoms. The molecule has 0 atom stereocenters. The average Bonchev–Trinajstić information content (AvgIpc) is 2.68. The zero-order chi connectivity index (χ0) is 13.7. The van der Waals surface area contributed by atoms with Crippen molar-refractivity contribution in [2.24, 2.45) is 0 Å². The van der Waals surface area contributed by atoms with Crippen LogP contribution in [0.3, 0.4) is 0 Å². The van der Waals surface area contributed by atoms with Crippen molar-refractivity contribution in [2.75, 3.05) is 28.3 Å². The number of hydrogen-bond acceptors (Lipinski definition) is 4. The van der Waals surface area contributed by atoms with Crippen LogP contribution < -0.4 is 4.74 Å². The molecule has 0 amide bonds. The third-order valence-corrected chi connectivity index (χ3v) is 2.53. The number of hydrogen-bond donors (Lipinski definition) is 0. The molecule has 0 saturated heterocycles. The van der Waals surface area contributed by atoms with Crippen molar-refractivity contribution in [3.8, 4) is 5.75 Å². The van der Waals surface area contributed by atoms with Crippen LogP contribution in [0.25, 0.3) is 5.65 Å². The molecule has 6 heteroatoms. The molecule has 0 unspecified atom stereocenters. The number of halogens is 1. The Bertz CT molecular complexity index is 535. The molecule has 2 aromatic rings. The van der Waals surface area contributed by atoms with Crippen LogP contribution in [0, 0.1) is 0 Å². The highest BCUT2D eigenvalue weighted by molar-refractivity contribution is 9.10. The van der Waals surface area contributed by atoms with E-state index in [1.165, 1.54) is 7.11 Å². The molecule has 2 aromatic heterocycles. The van der Waals surface area contributed by atoms with Gasteiger partial charge in [-0.05, 0) is 37.1 Å². The van der Waals surface area contributed by atoms with Crippen LogP contribution in [-0.2, 0) is 0 Å². The molecule has 5 nitrogen and oxygen atoms in total. The summed E-state index contributed by atoms with van der Waals surface area (Å²) in [4.78, 5) is 16.9. The second-order valence-corrected chi connectivity index (χ2v) is 4.88. The van der Waals surface area contributed by atoms with Crippen molar-refractivity contribution in [1.29, 1.82) is 0 Å². The molecule has 0 aliphatic heterocycles. The standard InChI is InChI=1S/C9H7BrN2O2.C3H9N/c1-14-7-2-9-11-3-8(10)12(9)4-6(7)5-13;1-4(2)3/h2-5H,1H3;1-3H3. The van der Waals surface area contributed by atoms with Gasteiger partial charge in [0.2, 0.25) is 0 Å². The molecule has 0 fully saturated rings. The fourth-order valence-electron chi connectivity index (χ4n) is 1.26. The predicted molar refractivity (Wildman–Crippen MR) is 74.4 cm³/mol. The van der Waals surface area contributed by atoms with Crippen molar-refractivity contribution in [1.82, 2.24) is 14.3 Å². The first kappa shape index (κ1) is 14.7. The highest BCUT2D eigenvalue weighted by Crippen LogP contribution is 2.21. The summed E-state index contributed by atoms with van der Waals surface area (Å²) in [6, 6.07) is 1.72. The van der Waals surface area contributed by atoms with Gasteiger partial charge in [0.05, 0.1) is 18.9 Å². The van der Waals surface area contributed by atoms with E-state index >= 15 is 0 Å². The van der Waals surface area contributed by atoms with E-state index in [-0.39, 0.29) is 0 Å². The quantitative estimate of drug-likeness (QED) is 0.797. The van der Waals surface area contributed by atoms with Gasteiger partial charge >= 0.3 is 0 Å². The van der Waals surface area contributed by atoms with E-state index < -0.39 is 0 Å². The maximum Gasteiger partial charge on any atom is 0.155 e. The van der Waals surface area contributed by atoms with Crippen LogP contribution >= 0.6 is 15.9 Å². The molecule has 0 aromatic carbocycles. The summed E-state index contributed by atoms with van der Waals surface area (Å²) in [5.74, 6) is 0.533. The molecule has 0 aliphatic carbocycles. The van der Waals surface area contributed by atoms with E-state index in [4.69, 9.17) is 4.74 Å². The number of carbonyl (C=O) groups is 1. The number of aldehydes is 1. The lowest BCUT2D eigenvalue weighted by Gasteiger charge is -2.04. The Morgan fingerprint density at radius 3 is 2.56 bits per heavy atom. The van der Waals surface area contributed by atoms with Gasteiger partial charge in [0, 0.05) is 12.3 Å². The summed E-state index contributed by atoms with van der Waals surface area (Å²) < 4.78 is 7.63. The van der Waals surface area contributed by atoms with E-state index in [0.717, 1.165) is 16.5 Å². The van der Waals surface area contributed by atoms with Crippen LogP contribution in [0.1, 0.15) is 10.4 Å². The van der Waals surface area contributed by atoms with Crippen LogP contribution in [0.2, 0.25) is 0 Å². The lowest BCUT2D eigenvalue weighted by molar-refractivity contribution is 0.112. The molecule has 2 heterocycles. The van der Waals surface area contributed by atoms with Gasteiger partial charge in [-0.15, -0.1) is 0 Å². The lowest BCUT2D eigenvalue weighted by atomic mass is 10.3. The Labute approximate surface area is 115 Å². The van der Waals surface area contributed by atoms with Crippen molar-refractivity contribution in [3.63, 3.8) is 0 Å². The number of carbonyl (C=O) groups excluding carboxylic acids is 1. The number of fused-ring (bicyclic) bond motifs is 1. The molecule has 0 saturated carbocycles. The molecular weight excluding hydrogens is 298 g/mol. The summed E-state index contributed by atoms with van der Waals surface area (Å²) in [5.41, 5.74) is 1.23. The third-order valence-electron chi connectivity index (χ3n) is 1.94. The SMILES string of the molecule is CN(C)C.COc1cc2ncc(Br)n2cc1C=O. The Hall–Kier alpha value is -1.40. The van der Waals surface area contributed by atoms with E-state index in [9.17, 15) is 4.79 Å². The Morgan fingerprint density at radius 2 is 2.06 bits per heavy atom. The van der Waals surface area contributed by atoms with Gasteiger partial charge in [-0.1, -0.05) is 0 Å². The minimum atomic E-state index is 0.499. The molecule has 0 spiro atoms. The van der Waals surface area contributed by atoms with Gasteiger partial charge in [0.1, 0.15) is 16.0 Å². The van der Waals surface area contributed by atoms with Gasteiger partial charge in [-0.3, -0.25) is 9.20 Å². The number of rotatable bonds is 2. The average molecular weight is 314 g/mol. The largest absolute Gasteiger partial charge is 0.496 e. The minimum Gasteiger partial charge on any atom is -0.496 e. The van der Waals surface area contributed by atoms with Gasteiger partial charge in [-0.2, -0.15) is 0 Å². The number of methoxy groups -OCH3 is 1. The Morgan fingerprint density at radius 1 is 1.44 bits per heavy atom. The normalized spacial score (nSPS) is 10.1. The Kier molecular flexibility index (Phi) is 5.30. The summed E-state index contributed by atoms with van der Waals surface area (Å²) in [5, 5.41) is 0. The molecule has 0 N–H and O–H groups in total. The molecule has 0 radical (unpaired) electrons. The first-order valence-corrected chi connectivity index (χ1v) is 6.05. The lowest BCUT2D eigenvalue weighted by Crippen LogP contribution is -1.99. The molecule has 98 valence electrons. The maximum atomic E-state index is 10.7. The Balaban J connectivity index is 0.000000357. The number of ether oxygens (including phenoxy) is 1. The second-order valence-electron chi connectivity index (χ2n) is 4.07. The summed E-state index contributed by atoms with van der Waals surface area (Å²) >= 11 is 3.32. The predicted octanol–water partition coefficient (Wildman–Crippen LogP) is 2.10. The van der Waals surface area contributed by atoms with Crippen molar-refractivity contribution < 1.29 is 9.53 Å². The summed E-state index contributed by atoms with van der Waals surface area (Å²) in [6.07, 6.45) is 4.10. The zero-order valence-corrected chi connectivity index (χ0v) is 12.4. The van der Waals surface area contributed by atoms with Crippen molar-refractivity contribution >= 4 is 27.9 Å². The number of imidazole rings is 1. The van der Waals surface area contributed by atoms with Gasteiger partial charge in [0.15, 0.2) is 6.29 Å². The molecule has 18 heavy (non-hydrogen) atoms. The van der Waals surface area contributed by atoms with Crippen LogP contribution in [-0.4, -0.2) is 48.8 Å². The van der Waals surface area contributed by atoms with Gasteiger partial charge < -0.3 is 9.64 Å². The monoisotopic (exact) mass is 313 g/mol. The number of pyridine rings is 1. The number of nitrogens with zero attached hydrogens (tertiary/aromatic N) is 3. The van der Waals surface area contributed by atoms with Gasteiger partial charge in [-0.25, -0.2) is 4.98 Å². The van der Waals surface area contributed by atoms with E-state index in [1.54, 1.807) is 22.9 Å². The van der Waals surface area contributed by atoms with Gasteiger partial charge in [0.25, 0.3) is 0 Å². The highest BCUT2D eigenvalue weighted by atomic mass is 79.9. The molecular formula is C12H16BrN3O2. The third kappa shape index (κ3) is 3.54. The first-order chi connectivity index (χ1) is 8.49. The fourth-order valence-corrected chi connectivity index (χ4v) is 1.64. The van der Waals surface area contributed by atoms with Crippen LogP contribution in [0.5, 0.6) is 5.75 Å². The number of aromatic nitrogens is 2. The van der Waals surface area contributed by atoms with Crippen LogP contribution in [0.15, 0.2) is 23.1 Å². The van der Waals surface area contributed by atoms with E-state index in [1.807, 2.05) is 26.0 Å². The molecule has 0 aliphatic rings. The maximum absolute atomic E-state index is 10.7. The first-order valence-electron chi connectivity index (χ1n) is 5.26. The summed E-state index contributed by atoms with van der Waals surface area (Å²) in [7, 11) is 7.52. The van der Waals surface area contributed by atoms with Crippen molar-refractivity contribution in [2.45, 2.75) is 0 Å². The fraction of sp³-hybridized carbons (Fsp3) is 0.333. The minimum absolute atomic E-state index is 0.499. The highest BCUT2D eigenvalue weighted by Gasteiger charge is 2.07. The molecule has 2 rings (SSSR count). The summed E-state index contributed by atoms with van der Waals surface area (Å²) in [6.45, 7) is 0. The smallest absolute Gasteiger partial charge is 0.155 e. The van der Waals surface area contributed by atoms with E-state index in [0.29, 0.717) is 11.3 Å². The zero-order valence-electron chi connectivity index (χ0n) is 10.8. The van der Waals surface area contributed by atoms with E-state index in [2.05, 4.69) is 20.9 Å².